The van der Waals surface area contributed by atoms with Gasteiger partial charge in [0.25, 0.3) is 0 Å². The molecule has 0 aliphatic rings. The van der Waals surface area contributed by atoms with Crippen LogP contribution in [0.3, 0.4) is 0 Å². The fourth-order valence-corrected chi connectivity index (χ4v) is 3.97. The maximum absolute atomic E-state index is 11.6. The van der Waals surface area contributed by atoms with Crippen molar-refractivity contribution < 1.29 is 19.4 Å². The molecule has 1 atom stereocenters. The molecule has 1 aromatic heterocycles. The number of amides is 1. The van der Waals surface area contributed by atoms with Crippen LogP contribution in [0.2, 0.25) is 0 Å². The predicted octanol–water partition coefficient (Wildman–Crippen LogP) is 3.72. The zero-order valence-corrected chi connectivity index (χ0v) is 15.2. The Balaban J connectivity index is 2.43. The average molecular weight is 396 g/mol. The van der Waals surface area contributed by atoms with Crippen molar-refractivity contribution in [1.29, 1.82) is 0 Å². The van der Waals surface area contributed by atoms with Gasteiger partial charge in [-0.3, -0.25) is 0 Å². The van der Waals surface area contributed by atoms with Crippen molar-refractivity contribution in [1.82, 2.24) is 5.32 Å². The zero-order chi connectivity index (χ0) is 16.0. The van der Waals surface area contributed by atoms with Crippen LogP contribution in [-0.2, 0) is 15.3 Å². The first-order valence-corrected chi connectivity index (χ1v) is 8.98. The normalized spacial score (nSPS) is 12.8. The molecule has 21 heavy (non-hydrogen) atoms. The maximum Gasteiger partial charge on any atom is 0.408 e. The summed E-state index contributed by atoms with van der Waals surface area (Å²) in [6, 6.07) is 2.97. The molecule has 1 rings (SSSR count). The number of carboxylic acids is 1. The molecular formula is C13H18BrNO4S2. The Hall–Kier alpha value is -0.730. The van der Waals surface area contributed by atoms with Gasteiger partial charge in [0.2, 0.25) is 0 Å². The van der Waals surface area contributed by atoms with E-state index in [9.17, 15) is 9.59 Å². The number of hydrogen-bond acceptors (Lipinski definition) is 5. The van der Waals surface area contributed by atoms with Crippen LogP contribution in [0.15, 0.2) is 15.9 Å². The zero-order valence-electron chi connectivity index (χ0n) is 12.0. The Kier molecular flexibility index (Phi) is 7.02. The van der Waals surface area contributed by atoms with Gasteiger partial charge in [-0.15, -0.1) is 11.3 Å². The number of aliphatic carboxylic acids is 1. The van der Waals surface area contributed by atoms with Crippen molar-refractivity contribution in [3.05, 3.63) is 20.8 Å². The minimum absolute atomic E-state index is 0.282. The predicted molar refractivity (Wildman–Crippen MR) is 89.0 cm³/mol. The van der Waals surface area contributed by atoms with Gasteiger partial charge in [0.1, 0.15) is 11.6 Å². The van der Waals surface area contributed by atoms with Crippen LogP contribution in [0.5, 0.6) is 0 Å². The lowest BCUT2D eigenvalue weighted by atomic mass is 10.2. The number of rotatable bonds is 6. The van der Waals surface area contributed by atoms with Crippen LogP contribution >= 0.6 is 39.0 Å². The standard InChI is InChI=1S/C13H18BrNO4S2/c1-13(2,3)19-12(18)15-9(11(16)17)7-20-6-8-4-5-10(14)21-8/h4-5,9H,6-7H2,1-3H3,(H,15,18)(H,16,17). The number of alkyl carbamates (subject to hydrolysis) is 1. The lowest BCUT2D eigenvalue weighted by molar-refractivity contribution is -0.138. The smallest absolute Gasteiger partial charge is 0.408 e. The third kappa shape index (κ3) is 7.73. The molecule has 2 N–H and O–H groups in total. The van der Waals surface area contributed by atoms with Gasteiger partial charge in [-0.1, -0.05) is 0 Å². The largest absolute Gasteiger partial charge is 0.480 e. The number of halogens is 1. The Morgan fingerprint density at radius 1 is 1.48 bits per heavy atom. The molecule has 0 fully saturated rings. The molecule has 0 aliphatic carbocycles. The highest BCUT2D eigenvalue weighted by Crippen LogP contribution is 2.25. The highest BCUT2D eigenvalue weighted by molar-refractivity contribution is 9.11. The van der Waals surface area contributed by atoms with Crippen LogP contribution in [-0.4, -0.2) is 34.6 Å². The summed E-state index contributed by atoms with van der Waals surface area (Å²) >= 11 is 6.44. The second kappa shape index (κ2) is 8.05. The number of nitrogens with one attached hydrogen (secondary N) is 1. The van der Waals surface area contributed by atoms with E-state index in [0.717, 1.165) is 8.66 Å². The third-order valence-corrected chi connectivity index (χ3v) is 5.04. The molecular weight excluding hydrogens is 378 g/mol. The van der Waals surface area contributed by atoms with E-state index < -0.39 is 23.7 Å². The molecule has 0 bridgehead atoms. The SMILES string of the molecule is CC(C)(C)OC(=O)NC(CSCc1ccc(Br)s1)C(=O)O. The van der Waals surface area contributed by atoms with Crippen molar-refractivity contribution in [2.75, 3.05) is 5.75 Å². The van der Waals surface area contributed by atoms with Gasteiger partial charge in [-0.2, -0.15) is 11.8 Å². The number of carbonyl (C=O) groups is 2. The average Bonchev–Trinajstić information content (AvgIpc) is 2.71. The molecule has 1 amide bonds. The van der Waals surface area contributed by atoms with Crippen LogP contribution in [0, 0.1) is 0 Å². The van der Waals surface area contributed by atoms with Crippen LogP contribution in [0.25, 0.3) is 0 Å². The van der Waals surface area contributed by atoms with Gasteiger partial charge in [0.15, 0.2) is 0 Å². The van der Waals surface area contributed by atoms with Gasteiger partial charge < -0.3 is 15.2 Å². The first-order chi connectivity index (χ1) is 9.67. The van der Waals surface area contributed by atoms with Crippen LogP contribution in [0.4, 0.5) is 4.79 Å². The van der Waals surface area contributed by atoms with E-state index in [1.165, 1.54) is 11.8 Å². The van der Waals surface area contributed by atoms with E-state index in [1.807, 2.05) is 12.1 Å². The molecule has 0 aromatic carbocycles. The van der Waals surface area contributed by atoms with E-state index >= 15 is 0 Å². The molecule has 0 radical (unpaired) electrons. The van der Waals surface area contributed by atoms with E-state index in [2.05, 4.69) is 21.2 Å². The summed E-state index contributed by atoms with van der Waals surface area (Å²) in [5, 5.41) is 11.5. The van der Waals surface area contributed by atoms with Crippen LogP contribution < -0.4 is 5.32 Å². The number of carbonyl (C=O) groups excluding carboxylic acids is 1. The molecule has 8 heteroatoms. The van der Waals surface area contributed by atoms with Gasteiger partial charge >= 0.3 is 12.1 Å². The number of thiophene rings is 1. The monoisotopic (exact) mass is 395 g/mol. The summed E-state index contributed by atoms with van der Waals surface area (Å²) in [4.78, 5) is 23.9. The minimum atomic E-state index is -1.07. The lowest BCUT2D eigenvalue weighted by Gasteiger charge is -2.21. The Bertz CT molecular complexity index is 499. The molecule has 118 valence electrons. The van der Waals surface area contributed by atoms with Gasteiger partial charge in [-0.05, 0) is 48.8 Å². The summed E-state index contributed by atoms with van der Waals surface area (Å²) in [7, 11) is 0. The number of carboxylic acid groups (broad SMARTS) is 1. The Morgan fingerprint density at radius 2 is 2.14 bits per heavy atom. The number of hydrogen-bond donors (Lipinski definition) is 2. The van der Waals surface area contributed by atoms with Crippen molar-refractivity contribution in [2.24, 2.45) is 0 Å². The van der Waals surface area contributed by atoms with E-state index in [-0.39, 0.29) is 5.75 Å². The molecule has 1 heterocycles. The second-order valence-corrected chi connectivity index (χ2v) is 8.84. The Morgan fingerprint density at radius 3 is 2.62 bits per heavy atom. The van der Waals surface area contributed by atoms with E-state index in [1.54, 1.807) is 32.1 Å². The second-order valence-electron chi connectivity index (χ2n) is 5.26. The van der Waals surface area contributed by atoms with Crippen LogP contribution in [0.1, 0.15) is 25.6 Å². The molecule has 5 nitrogen and oxygen atoms in total. The number of thioether (sulfide) groups is 1. The van der Waals surface area contributed by atoms with E-state index in [0.29, 0.717) is 5.75 Å². The fraction of sp³-hybridized carbons (Fsp3) is 0.538. The summed E-state index contributed by atoms with van der Waals surface area (Å²) in [5.41, 5.74) is -0.649. The highest BCUT2D eigenvalue weighted by atomic mass is 79.9. The summed E-state index contributed by atoms with van der Waals surface area (Å²) in [6.45, 7) is 5.18. The lowest BCUT2D eigenvalue weighted by Crippen LogP contribution is -2.44. The fourth-order valence-electron chi connectivity index (χ4n) is 1.33. The highest BCUT2D eigenvalue weighted by Gasteiger charge is 2.23. The van der Waals surface area contributed by atoms with Crippen molar-refractivity contribution in [3.63, 3.8) is 0 Å². The third-order valence-electron chi connectivity index (χ3n) is 2.15. The first-order valence-electron chi connectivity index (χ1n) is 6.21. The molecule has 1 aromatic rings. The maximum atomic E-state index is 11.6. The van der Waals surface area contributed by atoms with Gasteiger partial charge in [-0.25, -0.2) is 9.59 Å². The topological polar surface area (TPSA) is 75.6 Å². The first kappa shape index (κ1) is 18.3. The van der Waals surface area contributed by atoms with Gasteiger partial charge in [0, 0.05) is 16.4 Å². The van der Waals surface area contributed by atoms with Crippen molar-refractivity contribution in [3.8, 4) is 0 Å². The molecule has 1 unspecified atom stereocenters. The molecule has 0 saturated heterocycles. The summed E-state index contributed by atoms with van der Waals surface area (Å²) in [5.74, 6) is -0.0825. The Labute approximate surface area is 140 Å². The minimum Gasteiger partial charge on any atom is -0.480 e. The van der Waals surface area contributed by atoms with Crippen molar-refractivity contribution in [2.45, 2.75) is 38.2 Å². The molecule has 0 saturated carbocycles. The summed E-state index contributed by atoms with van der Waals surface area (Å²) < 4.78 is 6.10. The number of ether oxygens (including phenoxy) is 1. The molecule has 0 aliphatic heterocycles. The van der Waals surface area contributed by atoms with Crippen molar-refractivity contribution >= 4 is 51.1 Å². The molecule has 0 spiro atoms. The summed E-state index contributed by atoms with van der Waals surface area (Å²) in [6.07, 6.45) is -0.714. The van der Waals surface area contributed by atoms with Gasteiger partial charge in [0.05, 0.1) is 3.79 Å². The quantitative estimate of drug-likeness (QED) is 0.767. The van der Waals surface area contributed by atoms with E-state index in [4.69, 9.17) is 9.84 Å².